The van der Waals surface area contributed by atoms with Crippen molar-refractivity contribution in [1.82, 2.24) is 10.3 Å². The van der Waals surface area contributed by atoms with Crippen LogP contribution in [0.1, 0.15) is 45.4 Å². The first-order chi connectivity index (χ1) is 15.7. The quantitative estimate of drug-likeness (QED) is 0.550. The molecule has 6 rings (SSSR count). The first-order valence-electron chi connectivity index (χ1n) is 11.4. The molecule has 4 bridgehead atoms. The van der Waals surface area contributed by atoms with Gasteiger partial charge in [0.15, 0.2) is 5.13 Å². The number of anilines is 2. The summed E-state index contributed by atoms with van der Waals surface area (Å²) in [6.07, 6.45) is 8.14. The maximum atomic E-state index is 13.2. The lowest BCUT2D eigenvalue weighted by Gasteiger charge is -2.55. The van der Waals surface area contributed by atoms with Gasteiger partial charge in [0.25, 0.3) is 10.0 Å². The van der Waals surface area contributed by atoms with E-state index in [9.17, 15) is 18.0 Å². The van der Waals surface area contributed by atoms with Crippen LogP contribution in [0.3, 0.4) is 0 Å². The van der Waals surface area contributed by atoms with Crippen LogP contribution < -0.4 is 15.4 Å². The average Bonchev–Trinajstić information content (AvgIpc) is 3.25. The predicted octanol–water partition coefficient (Wildman–Crippen LogP) is 3.60. The Morgan fingerprint density at radius 2 is 1.67 bits per heavy atom. The van der Waals surface area contributed by atoms with Crippen molar-refractivity contribution < 1.29 is 18.0 Å². The van der Waals surface area contributed by atoms with E-state index in [-0.39, 0.29) is 27.3 Å². The Hall–Kier alpha value is -2.46. The Kier molecular flexibility index (Phi) is 5.68. The second kappa shape index (κ2) is 8.39. The summed E-state index contributed by atoms with van der Waals surface area (Å²) in [4.78, 5) is 29.9. The van der Waals surface area contributed by atoms with Gasteiger partial charge in [-0.1, -0.05) is 0 Å². The number of amides is 2. The fraction of sp³-hybridized carbons (Fsp3) is 0.522. The fourth-order valence-electron chi connectivity index (χ4n) is 6.22. The Labute approximate surface area is 197 Å². The van der Waals surface area contributed by atoms with Gasteiger partial charge in [0.1, 0.15) is 6.04 Å². The normalized spacial score (nSPS) is 28.8. The van der Waals surface area contributed by atoms with Gasteiger partial charge in [-0.3, -0.25) is 14.3 Å². The summed E-state index contributed by atoms with van der Waals surface area (Å²) < 4.78 is 27.3. The van der Waals surface area contributed by atoms with Crippen LogP contribution >= 0.6 is 11.3 Å². The molecule has 0 saturated heterocycles. The van der Waals surface area contributed by atoms with E-state index in [4.69, 9.17) is 0 Å². The van der Waals surface area contributed by atoms with Crippen molar-refractivity contribution in [3.05, 3.63) is 35.8 Å². The van der Waals surface area contributed by atoms with Gasteiger partial charge < -0.3 is 10.6 Å². The highest BCUT2D eigenvalue weighted by Crippen LogP contribution is 2.60. The summed E-state index contributed by atoms with van der Waals surface area (Å²) in [7, 11) is -3.75. The number of thiazole rings is 1. The summed E-state index contributed by atoms with van der Waals surface area (Å²) in [5.74, 6) is 1.66. The Morgan fingerprint density at radius 1 is 1.06 bits per heavy atom. The van der Waals surface area contributed by atoms with E-state index in [0.29, 0.717) is 23.4 Å². The molecule has 4 aliphatic rings. The van der Waals surface area contributed by atoms with Crippen LogP contribution in [0.25, 0.3) is 0 Å². The molecule has 1 unspecified atom stereocenters. The highest BCUT2D eigenvalue weighted by molar-refractivity contribution is 7.93. The average molecular weight is 489 g/mol. The van der Waals surface area contributed by atoms with Crippen LogP contribution in [0.4, 0.5) is 10.8 Å². The molecule has 1 heterocycles. The topological polar surface area (TPSA) is 117 Å². The van der Waals surface area contributed by atoms with E-state index >= 15 is 0 Å². The van der Waals surface area contributed by atoms with Crippen LogP contribution in [0.5, 0.6) is 0 Å². The van der Waals surface area contributed by atoms with Crippen LogP contribution in [0.2, 0.25) is 0 Å². The van der Waals surface area contributed by atoms with Crippen molar-refractivity contribution in [2.75, 3.05) is 10.0 Å². The number of hydrogen-bond donors (Lipinski definition) is 3. The lowest BCUT2D eigenvalue weighted by molar-refractivity contribution is -0.147. The Morgan fingerprint density at radius 3 is 2.21 bits per heavy atom. The van der Waals surface area contributed by atoms with E-state index in [2.05, 4.69) is 20.3 Å². The highest BCUT2D eigenvalue weighted by Gasteiger charge is 2.54. The van der Waals surface area contributed by atoms with Crippen molar-refractivity contribution in [3.8, 4) is 0 Å². The van der Waals surface area contributed by atoms with Crippen LogP contribution in [-0.4, -0.2) is 31.3 Å². The molecule has 10 heteroatoms. The SMILES string of the molecule is CC(NC(=O)C12CC3CC(CC(C3)C1)C2)C(=O)Nc1ccc(S(=O)(=O)Nc2nccs2)cc1. The second-order valence-electron chi connectivity index (χ2n) is 9.85. The van der Waals surface area contributed by atoms with Gasteiger partial charge in [0, 0.05) is 22.7 Å². The van der Waals surface area contributed by atoms with Gasteiger partial charge in [0.05, 0.1) is 4.90 Å². The number of carbonyl (C=O) groups excluding carboxylic acids is 2. The molecule has 2 amide bonds. The van der Waals surface area contributed by atoms with Crippen LogP contribution in [0, 0.1) is 23.2 Å². The number of nitrogens with zero attached hydrogens (tertiary/aromatic N) is 1. The Balaban J connectivity index is 1.19. The molecule has 4 fully saturated rings. The van der Waals surface area contributed by atoms with Crippen molar-refractivity contribution in [2.24, 2.45) is 23.2 Å². The zero-order valence-corrected chi connectivity index (χ0v) is 20.0. The number of aromatic nitrogens is 1. The summed E-state index contributed by atoms with van der Waals surface area (Å²) in [5, 5.41) is 7.69. The lowest BCUT2D eigenvalue weighted by atomic mass is 9.49. The van der Waals surface area contributed by atoms with Crippen molar-refractivity contribution in [3.63, 3.8) is 0 Å². The number of rotatable bonds is 7. The van der Waals surface area contributed by atoms with Gasteiger partial charge in [-0.2, -0.15) is 0 Å². The monoisotopic (exact) mass is 488 g/mol. The summed E-state index contributed by atoms with van der Waals surface area (Å²) >= 11 is 1.19. The molecule has 0 aliphatic heterocycles. The fourth-order valence-corrected chi connectivity index (χ4v) is 8.01. The predicted molar refractivity (Wildman–Crippen MR) is 126 cm³/mol. The second-order valence-corrected chi connectivity index (χ2v) is 12.4. The van der Waals surface area contributed by atoms with E-state index in [0.717, 1.165) is 19.3 Å². The molecule has 33 heavy (non-hydrogen) atoms. The summed E-state index contributed by atoms with van der Waals surface area (Å²) in [6, 6.07) is 5.22. The minimum absolute atomic E-state index is 0.0129. The number of hydrogen-bond acceptors (Lipinski definition) is 6. The third-order valence-corrected chi connectivity index (χ3v) is 9.52. The van der Waals surface area contributed by atoms with E-state index in [1.54, 1.807) is 12.3 Å². The number of sulfonamides is 1. The molecule has 0 radical (unpaired) electrons. The summed E-state index contributed by atoms with van der Waals surface area (Å²) in [6.45, 7) is 1.69. The third kappa shape index (κ3) is 4.50. The van der Waals surface area contributed by atoms with E-state index in [1.165, 1.54) is 61.1 Å². The number of nitrogens with one attached hydrogen (secondary N) is 3. The maximum Gasteiger partial charge on any atom is 0.263 e. The maximum absolute atomic E-state index is 13.2. The largest absolute Gasteiger partial charge is 0.344 e. The lowest BCUT2D eigenvalue weighted by Crippen LogP contribution is -2.56. The number of benzene rings is 1. The first-order valence-corrected chi connectivity index (χ1v) is 13.7. The molecule has 2 aromatic rings. The standard InChI is InChI=1S/C23H28N4O4S2/c1-14(25-21(29)23-11-15-8-16(12-23)10-17(9-15)13-23)20(28)26-18-2-4-19(5-3-18)33(30,31)27-22-24-6-7-32-22/h2-7,14-17H,8-13H2,1H3,(H,24,27)(H,25,29)(H,26,28). The van der Waals surface area contributed by atoms with Gasteiger partial charge in [0.2, 0.25) is 11.8 Å². The molecule has 0 spiro atoms. The molecule has 4 aliphatic carbocycles. The molecular formula is C23H28N4O4S2. The van der Waals surface area contributed by atoms with E-state index in [1.807, 2.05) is 0 Å². The highest BCUT2D eigenvalue weighted by atomic mass is 32.2. The molecule has 1 aromatic carbocycles. The van der Waals surface area contributed by atoms with Gasteiger partial charge in [-0.25, -0.2) is 13.4 Å². The van der Waals surface area contributed by atoms with Crippen molar-refractivity contribution >= 4 is 44.0 Å². The zero-order valence-electron chi connectivity index (χ0n) is 18.4. The smallest absolute Gasteiger partial charge is 0.263 e. The minimum Gasteiger partial charge on any atom is -0.344 e. The minimum atomic E-state index is -3.75. The van der Waals surface area contributed by atoms with Gasteiger partial charge in [-0.15, -0.1) is 11.3 Å². The van der Waals surface area contributed by atoms with Crippen LogP contribution in [0.15, 0.2) is 40.7 Å². The molecule has 3 N–H and O–H groups in total. The molecule has 1 atom stereocenters. The molecule has 4 saturated carbocycles. The van der Waals surface area contributed by atoms with Crippen LogP contribution in [-0.2, 0) is 19.6 Å². The molecule has 176 valence electrons. The van der Waals surface area contributed by atoms with Gasteiger partial charge >= 0.3 is 0 Å². The number of carbonyl (C=O) groups is 2. The van der Waals surface area contributed by atoms with Crippen molar-refractivity contribution in [1.29, 1.82) is 0 Å². The van der Waals surface area contributed by atoms with E-state index < -0.39 is 16.1 Å². The van der Waals surface area contributed by atoms with Crippen molar-refractivity contribution in [2.45, 2.75) is 56.4 Å². The Bertz CT molecular complexity index is 1110. The molecule has 8 nitrogen and oxygen atoms in total. The molecular weight excluding hydrogens is 460 g/mol. The summed E-state index contributed by atoms with van der Waals surface area (Å²) in [5.41, 5.74) is 0.160. The third-order valence-electron chi connectivity index (χ3n) is 7.35. The zero-order chi connectivity index (χ0) is 23.2. The molecule has 1 aromatic heterocycles. The van der Waals surface area contributed by atoms with Gasteiger partial charge in [-0.05, 0) is 87.5 Å². The first kappa shape index (κ1) is 22.3.